The Bertz CT molecular complexity index is 867. The third-order valence-corrected chi connectivity index (χ3v) is 7.75. The predicted molar refractivity (Wildman–Crippen MR) is 104 cm³/mol. The van der Waals surface area contributed by atoms with Crippen molar-refractivity contribution < 1.29 is 13.2 Å². The minimum atomic E-state index is -3.59. The number of thiophene rings is 1. The van der Waals surface area contributed by atoms with E-state index >= 15 is 0 Å². The average molecular weight is 393 g/mol. The Morgan fingerprint density at radius 3 is 2.46 bits per heavy atom. The van der Waals surface area contributed by atoms with Gasteiger partial charge in [-0.15, -0.1) is 11.3 Å². The van der Waals surface area contributed by atoms with Crippen molar-refractivity contribution >= 4 is 27.3 Å². The van der Waals surface area contributed by atoms with Gasteiger partial charge in [-0.25, -0.2) is 8.42 Å². The molecule has 2 aromatic rings. The van der Waals surface area contributed by atoms with Gasteiger partial charge in [0.25, 0.3) is 5.91 Å². The molecule has 0 saturated carbocycles. The summed E-state index contributed by atoms with van der Waals surface area (Å²) in [6, 6.07) is 11.5. The van der Waals surface area contributed by atoms with Gasteiger partial charge in [0.1, 0.15) is 9.77 Å². The Balaban J connectivity index is 1.75. The first-order valence-electron chi connectivity index (χ1n) is 8.74. The molecule has 0 atom stereocenters. The highest BCUT2D eigenvalue weighted by Gasteiger charge is 2.32. The van der Waals surface area contributed by atoms with E-state index in [1.807, 2.05) is 30.3 Å². The normalized spacial score (nSPS) is 15.9. The van der Waals surface area contributed by atoms with Crippen LogP contribution < -0.4 is 5.32 Å². The zero-order valence-corrected chi connectivity index (χ0v) is 16.7. The van der Waals surface area contributed by atoms with Crippen LogP contribution in [0.3, 0.4) is 0 Å². The molecule has 1 aromatic heterocycles. The van der Waals surface area contributed by atoms with Crippen LogP contribution in [-0.4, -0.2) is 38.3 Å². The number of hydrogen-bond acceptors (Lipinski definition) is 4. The molecule has 1 fully saturated rings. The van der Waals surface area contributed by atoms with Crippen molar-refractivity contribution in [3.8, 4) is 0 Å². The summed E-state index contributed by atoms with van der Waals surface area (Å²) in [4.78, 5) is 13.1. The summed E-state index contributed by atoms with van der Waals surface area (Å²) in [6.45, 7) is 5.59. The van der Waals surface area contributed by atoms with Crippen molar-refractivity contribution in [3.63, 3.8) is 0 Å². The Labute approximate surface area is 159 Å². The van der Waals surface area contributed by atoms with Crippen LogP contribution in [0.4, 0.5) is 0 Å². The molecule has 1 N–H and O–H groups in total. The molecule has 0 bridgehead atoms. The second kappa shape index (κ2) is 7.50. The lowest BCUT2D eigenvalue weighted by Crippen LogP contribution is -2.37. The first-order chi connectivity index (χ1) is 12.3. The number of rotatable bonds is 6. The standard InChI is InChI=1S/C19H24N2O3S2/c1-19(2,15-8-4-3-5-9-15)14-20-18(22)17-16(10-13-25-17)26(23,24)21-11-6-7-12-21/h3-5,8-10,13H,6-7,11-12,14H2,1-2H3,(H,20,22). The fourth-order valence-electron chi connectivity index (χ4n) is 3.11. The summed E-state index contributed by atoms with van der Waals surface area (Å²) in [6.07, 6.45) is 1.74. The third kappa shape index (κ3) is 3.84. The van der Waals surface area contributed by atoms with Crippen molar-refractivity contribution in [3.05, 3.63) is 52.2 Å². The molecular formula is C19H24N2O3S2. The van der Waals surface area contributed by atoms with E-state index in [0.29, 0.717) is 19.6 Å². The molecule has 26 heavy (non-hydrogen) atoms. The van der Waals surface area contributed by atoms with Gasteiger partial charge in [-0.05, 0) is 29.9 Å². The van der Waals surface area contributed by atoms with Crippen LogP contribution in [0, 0.1) is 0 Å². The topological polar surface area (TPSA) is 66.5 Å². The molecule has 1 amide bonds. The molecule has 1 aliphatic rings. The monoisotopic (exact) mass is 392 g/mol. The molecule has 140 valence electrons. The third-order valence-electron chi connectivity index (χ3n) is 4.76. The molecule has 0 radical (unpaired) electrons. The van der Waals surface area contributed by atoms with Crippen LogP contribution in [-0.2, 0) is 15.4 Å². The Hall–Kier alpha value is -1.70. The predicted octanol–water partition coefficient (Wildman–Crippen LogP) is 3.24. The number of amides is 1. The minimum Gasteiger partial charge on any atom is -0.350 e. The Kier molecular flexibility index (Phi) is 5.50. The number of carbonyl (C=O) groups is 1. The SMILES string of the molecule is CC(C)(CNC(=O)c1sccc1S(=O)(=O)N1CCCC1)c1ccccc1. The highest BCUT2D eigenvalue weighted by atomic mass is 32.2. The van der Waals surface area contributed by atoms with Crippen LogP contribution in [0.1, 0.15) is 41.9 Å². The van der Waals surface area contributed by atoms with E-state index in [4.69, 9.17) is 0 Å². The van der Waals surface area contributed by atoms with Gasteiger partial charge in [0.2, 0.25) is 10.0 Å². The number of benzene rings is 1. The maximum absolute atomic E-state index is 12.8. The van der Waals surface area contributed by atoms with E-state index in [9.17, 15) is 13.2 Å². The molecular weight excluding hydrogens is 368 g/mol. The highest BCUT2D eigenvalue weighted by molar-refractivity contribution is 7.89. The van der Waals surface area contributed by atoms with E-state index in [0.717, 1.165) is 18.4 Å². The molecule has 0 aliphatic carbocycles. The average Bonchev–Trinajstić information content (AvgIpc) is 3.32. The smallest absolute Gasteiger partial charge is 0.262 e. The number of hydrogen-bond donors (Lipinski definition) is 1. The zero-order chi connectivity index (χ0) is 18.8. The molecule has 3 rings (SSSR count). The van der Waals surface area contributed by atoms with Gasteiger partial charge >= 0.3 is 0 Å². The second-order valence-corrected chi connectivity index (χ2v) is 9.98. The van der Waals surface area contributed by atoms with E-state index in [1.165, 1.54) is 21.7 Å². The first-order valence-corrected chi connectivity index (χ1v) is 11.1. The van der Waals surface area contributed by atoms with Crippen LogP contribution in [0.2, 0.25) is 0 Å². The lowest BCUT2D eigenvalue weighted by Gasteiger charge is -2.25. The number of sulfonamides is 1. The molecule has 7 heteroatoms. The highest BCUT2D eigenvalue weighted by Crippen LogP contribution is 2.28. The largest absolute Gasteiger partial charge is 0.350 e. The Morgan fingerprint density at radius 1 is 1.15 bits per heavy atom. The summed E-state index contributed by atoms with van der Waals surface area (Å²) < 4.78 is 27.1. The Morgan fingerprint density at radius 2 is 1.81 bits per heavy atom. The zero-order valence-electron chi connectivity index (χ0n) is 15.1. The lowest BCUT2D eigenvalue weighted by molar-refractivity contribution is 0.0946. The van der Waals surface area contributed by atoms with Crippen LogP contribution in [0.25, 0.3) is 0 Å². The molecule has 1 aromatic carbocycles. The fourth-order valence-corrected chi connectivity index (χ4v) is 5.94. The van der Waals surface area contributed by atoms with E-state index < -0.39 is 10.0 Å². The van der Waals surface area contributed by atoms with E-state index in [2.05, 4.69) is 19.2 Å². The van der Waals surface area contributed by atoms with Crippen molar-refractivity contribution in [1.29, 1.82) is 0 Å². The van der Waals surface area contributed by atoms with E-state index in [-0.39, 0.29) is 21.1 Å². The summed E-state index contributed by atoms with van der Waals surface area (Å²) in [5, 5.41) is 4.58. The molecule has 5 nitrogen and oxygen atoms in total. The van der Waals surface area contributed by atoms with Gasteiger partial charge in [0.15, 0.2) is 0 Å². The molecule has 0 spiro atoms. The maximum atomic E-state index is 12.8. The van der Waals surface area contributed by atoms with Crippen LogP contribution in [0.5, 0.6) is 0 Å². The molecule has 1 saturated heterocycles. The van der Waals surface area contributed by atoms with Crippen LogP contribution in [0.15, 0.2) is 46.7 Å². The summed E-state index contributed by atoms with van der Waals surface area (Å²) in [5.41, 5.74) is 0.874. The summed E-state index contributed by atoms with van der Waals surface area (Å²) >= 11 is 1.17. The quantitative estimate of drug-likeness (QED) is 0.821. The summed E-state index contributed by atoms with van der Waals surface area (Å²) in [7, 11) is -3.59. The number of nitrogens with one attached hydrogen (secondary N) is 1. The van der Waals surface area contributed by atoms with Crippen LogP contribution >= 0.6 is 11.3 Å². The fraction of sp³-hybridized carbons (Fsp3) is 0.421. The van der Waals surface area contributed by atoms with Gasteiger partial charge in [-0.1, -0.05) is 44.2 Å². The maximum Gasteiger partial charge on any atom is 0.262 e. The molecule has 2 heterocycles. The van der Waals surface area contributed by atoms with Crippen molar-refractivity contribution in [2.75, 3.05) is 19.6 Å². The van der Waals surface area contributed by atoms with Gasteiger partial charge in [0, 0.05) is 25.0 Å². The number of carbonyl (C=O) groups excluding carboxylic acids is 1. The van der Waals surface area contributed by atoms with Gasteiger partial charge in [-0.2, -0.15) is 4.31 Å². The van der Waals surface area contributed by atoms with Gasteiger partial charge in [-0.3, -0.25) is 4.79 Å². The van der Waals surface area contributed by atoms with E-state index in [1.54, 1.807) is 5.38 Å². The summed E-state index contributed by atoms with van der Waals surface area (Å²) in [5.74, 6) is -0.332. The first kappa shape index (κ1) is 19.1. The lowest BCUT2D eigenvalue weighted by atomic mass is 9.84. The van der Waals surface area contributed by atoms with Gasteiger partial charge in [0.05, 0.1) is 0 Å². The number of nitrogens with zero attached hydrogens (tertiary/aromatic N) is 1. The van der Waals surface area contributed by atoms with Crippen molar-refractivity contribution in [2.24, 2.45) is 0 Å². The van der Waals surface area contributed by atoms with Crippen molar-refractivity contribution in [2.45, 2.75) is 37.0 Å². The molecule has 1 aliphatic heterocycles. The van der Waals surface area contributed by atoms with Gasteiger partial charge < -0.3 is 5.32 Å². The van der Waals surface area contributed by atoms with Crippen molar-refractivity contribution in [1.82, 2.24) is 9.62 Å². The minimum absolute atomic E-state index is 0.124. The second-order valence-electron chi connectivity index (χ2n) is 7.16. The molecule has 0 unspecified atom stereocenters.